The molecule has 0 aliphatic rings. The molecule has 0 saturated heterocycles. The Morgan fingerprint density at radius 2 is 1.32 bits per heavy atom. The van der Waals surface area contributed by atoms with Crippen molar-refractivity contribution in [1.29, 1.82) is 0 Å². The van der Waals surface area contributed by atoms with Crippen LogP contribution in [-0.2, 0) is 21.1 Å². The van der Waals surface area contributed by atoms with Gasteiger partial charge in [-0.3, -0.25) is 0 Å². The largest absolute Gasteiger partial charge is 0.473 e. The first-order valence-electron chi connectivity index (χ1n) is 8.76. The molecule has 152 valence electrons. The van der Waals surface area contributed by atoms with Crippen LogP contribution in [0.15, 0.2) is 60.7 Å². The summed E-state index contributed by atoms with van der Waals surface area (Å²) in [7, 11) is 4.33. The van der Waals surface area contributed by atoms with Gasteiger partial charge < -0.3 is 15.1 Å². The quantitative estimate of drug-likeness (QED) is 0.594. The van der Waals surface area contributed by atoms with Crippen LogP contribution in [0.25, 0.3) is 0 Å². The van der Waals surface area contributed by atoms with E-state index in [2.05, 4.69) is 91.4 Å². The number of thioether (sulfide) groups is 2. The molecule has 1 atom stereocenters. The molecule has 0 amide bonds. The molecule has 2 aromatic carbocycles. The van der Waals surface area contributed by atoms with Gasteiger partial charge in [0.1, 0.15) is 0 Å². The minimum absolute atomic E-state index is 0.670. The maximum atomic E-state index is 9.10. The second kappa shape index (κ2) is 14.1. The van der Waals surface area contributed by atoms with Crippen LogP contribution in [0.4, 0.5) is 0 Å². The van der Waals surface area contributed by atoms with Crippen molar-refractivity contribution in [2.24, 2.45) is 0 Å². The van der Waals surface area contributed by atoms with Gasteiger partial charge in [0, 0.05) is 29.1 Å². The summed E-state index contributed by atoms with van der Waals surface area (Å²) in [5.41, 5.74) is 2.84. The summed E-state index contributed by atoms with van der Waals surface area (Å²) >= 11 is 4.12. The number of hydrogen-bond donors (Lipinski definition) is 2. The summed E-state index contributed by atoms with van der Waals surface area (Å²) in [6, 6.07) is 21.5. The second-order valence-electron chi connectivity index (χ2n) is 6.29. The molecule has 1 unspecified atom stereocenters. The normalized spacial score (nSPS) is 11.4. The zero-order chi connectivity index (χ0) is 20.8. The highest BCUT2D eigenvalue weighted by Gasteiger charge is 2.11. The van der Waals surface area contributed by atoms with E-state index in [-0.39, 0.29) is 0 Å². The van der Waals surface area contributed by atoms with Gasteiger partial charge in [0.05, 0.1) is 0 Å². The third-order valence-corrected chi connectivity index (χ3v) is 6.17. The molecule has 0 fully saturated rings. The Bertz CT molecular complexity index is 684. The predicted molar refractivity (Wildman–Crippen MR) is 118 cm³/mol. The molecular weight excluding hydrogens is 394 g/mol. The van der Waals surface area contributed by atoms with E-state index in [9.17, 15) is 0 Å². The molecule has 2 rings (SSSR count). The molecule has 0 radical (unpaired) electrons. The first-order valence-corrected chi connectivity index (χ1v) is 11.0. The summed E-state index contributed by atoms with van der Waals surface area (Å²) in [5.74, 6) is -0.239. The van der Waals surface area contributed by atoms with Crippen molar-refractivity contribution in [3.05, 3.63) is 71.8 Å². The zero-order valence-electron chi connectivity index (χ0n) is 16.2. The lowest BCUT2D eigenvalue weighted by Crippen LogP contribution is -2.25. The highest BCUT2D eigenvalue weighted by molar-refractivity contribution is 8.02. The van der Waals surface area contributed by atoms with Crippen LogP contribution in [0, 0.1) is 0 Å². The number of carbonyl (C=O) groups is 2. The van der Waals surface area contributed by atoms with Crippen molar-refractivity contribution in [2.75, 3.05) is 26.4 Å². The number of carboxylic acid groups (broad SMARTS) is 2. The van der Waals surface area contributed by atoms with E-state index >= 15 is 0 Å². The van der Waals surface area contributed by atoms with Crippen LogP contribution in [0.3, 0.4) is 0 Å². The van der Waals surface area contributed by atoms with Crippen LogP contribution >= 0.6 is 23.5 Å². The smallest absolute Gasteiger partial charge is 0.414 e. The Hall–Kier alpha value is -1.96. The van der Waals surface area contributed by atoms with Crippen LogP contribution in [0.1, 0.15) is 11.1 Å². The minimum atomic E-state index is -1.82. The fourth-order valence-corrected chi connectivity index (χ4v) is 4.84. The van der Waals surface area contributed by atoms with Crippen molar-refractivity contribution >= 4 is 35.5 Å². The number of benzene rings is 2. The zero-order valence-corrected chi connectivity index (χ0v) is 17.8. The van der Waals surface area contributed by atoms with Gasteiger partial charge in [0.15, 0.2) is 0 Å². The van der Waals surface area contributed by atoms with Gasteiger partial charge in [-0.2, -0.15) is 23.5 Å². The monoisotopic (exact) mass is 421 g/mol. The molecule has 0 aliphatic carbocycles. The lowest BCUT2D eigenvalue weighted by Gasteiger charge is -2.20. The van der Waals surface area contributed by atoms with Crippen LogP contribution in [-0.4, -0.2) is 58.7 Å². The van der Waals surface area contributed by atoms with Gasteiger partial charge in [0.2, 0.25) is 0 Å². The molecule has 5 nitrogen and oxygen atoms in total. The lowest BCUT2D eigenvalue weighted by molar-refractivity contribution is -0.159. The van der Waals surface area contributed by atoms with Crippen molar-refractivity contribution in [3.63, 3.8) is 0 Å². The average molecular weight is 422 g/mol. The molecule has 2 N–H and O–H groups in total. The van der Waals surface area contributed by atoms with Crippen LogP contribution < -0.4 is 0 Å². The standard InChI is InChI=1S/C19H25NS2.C2H2O4/c1-20(2)13-19(22-15-18-11-7-4-8-12-18)16-21-14-17-9-5-3-6-10-17;3-1(4)2(5)6/h3-12,19H,13-16H2,1-2H3;(H,3,4)(H,5,6). The molecule has 0 aromatic heterocycles. The van der Waals surface area contributed by atoms with E-state index in [0.717, 1.165) is 18.1 Å². The van der Waals surface area contributed by atoms with Gasteiger partial charge >= 0.3 is 11.9 Å². The van der Waals surface area contributed by atoms with E-state index in [1.165, 1.54) is 16.9 Å². The number of rotatable bonds is 9. The fourth-order valence-electron chi connectivity index (χ4n) is 2.23. The summed E-state index contributed by atoms with van der Waals surface area (Å²) in [6.07, 6.45) is 0. The van der Waals surface area contributed by atoms with E-state index in [1.807, 2.05) is 11.8 Å². The number of hydrogen-bond acceptors (Lipinski definition) is 5. The molecule has 0 aliphatic heterocycles. The molecule has 7 heteroatoms. The molecular formula is C21H27NO4S2. The average Bonchev–Trinajstić information content (AvgIpc) is 2.67. The second-order valence-corrected chi connectivity index (χ2v) is 8.61. The Labute approximate surface area is 175 Å². The minimum Gasteiger partial charge on any atom is -0.473 e. The highest BCUT2D eigenvalue weighted by atomic mass is 32.2. The number of nitrogens with zero attached hydrogens (tertiary/aromatic N) is 1. The third-order valence-electron chi connectivity index (χ3n) is 3.50. The summed E-state index contributed by atoms with van der Waals surface area (Å²) in [5, 5.41) is 15.5. The van der Waals surface area contributed by atoms with Gasteiger partial charge in [0.25, 0.3) is 0 Å². The highest BCUT2D eigenvalue weighted by Crippen LogP contribution is 2.23. The molecule has 2 aromatic rings. The van der Waals surface area contributed by atoms with Gasteiger partial charge in [-0.05, 0) is 25.2 Å². The number of carboxylic acids is 2. The number of aliphatic carboxylic acids is 2. The van der Waals surface area contributed by atoms with Gasteiger partial charge in [-0.25, -0.2) is 9.59 Å². The molecule has 0 saturated carbocycles. The van der Waals surface area contributed by atoms with E-state index in [0.29, 0.717) is 5.25 Å². The van der Waals surface area contributed by atoms with E-state index in [1.54, 1.807) is 0 Å². The Morgan fingerprint density at radius 1 is 0.857 bits per heavy atom. The van der Waals surface area contributed by atoms with E-state index < -0.39 is 11.9 Å². The molecule has 28 heavy (non-hydrogen) atoms. The predicted octanol–water partition coefficient (Wildman–Crippen LogP) is 3.94. The summed E-state index contributed by atoms with van der Waals surface area (Å²) < 4.78 is 0. The first-order chi connectivity index (χ1) is 13.4. The van der Waals surface area contributed by atoms with Crippen molar-refractivity contribution in [3.8, 4) is 0 Å². The van der Waals surface area contributed by atoms with Crippen molar-refractivity contribution in [1.82, 2.24) is 4.90 Å². The maximum Gasteiger partial charge on any atom is 0.414 e. The van der Waals surface area contributed by atoms with Crippen molar-refractivity contribution < 1.29 is 19.8 Å². The van der Waals surface area contributed by atoms with Crippen LogP contribution in [0.2, 0.25) is 0 Å². The Balaban J connectivity index is 0.000000568. The molecule has 0 heterocycles. The SMILES string of the molecule is CN(C)CC(CSCc1ccccc1)SCc1ccccc1.O=C(O)C(=O)O. The first kappa shape index (κ1) is 24.1. The lowest BCUT2D eigenvalue weighted by atomic mass is 10.2. The molecule has 0 bridgehead atoms. The summed E-state index contributed by atoms with van der Waals surface area (Å²) in [6.45, 7) is 1.14. The third kappa shape index (κ3) is 11.7. The Kier molecular flexibility index (Phi) is 12.1. The van der Waals surface area contributed by atoms with Gasteiger partial charge in [-0.1, -0.05) is 60.7 Å². The van der Waals surface area contributed by atoms with Crippen LogP contribution in [0.5, 0.6) is 0 Å². The maximum absolute atomic E-state index is 9.10. The Morgan fingerprint density at radius 3 is 1.75 bits per heavy atom. The topological polar surface area (TPSA) is 77.8 Å². The molecule has 0 spiro atoms. The fraction of sp³-hybridized carbons (Fsp3) is 0.333. The van der Waals surface area contributed by atoms with Gasteiger partial charge in [-0.15, -0.1) is 0 Å². The summed E-state index contributed by atoms with van der Waals surface area (Å²) in [4.78, 5) is 20.5. The van der Waals surface area contributed by atoms with Crippen molar-refractivity contribution in [2.45, 2.75) is 16.8 Å². The van der Waals surface area contributed by atoms with E-state index in [4.69, 9.17) is 19.8 Å².